The van der Waals surface area contributed by atoms with Crippen LogP contribution >= 0.6 is 31.9 Å². The molecule has 0 aliphatic rings. The zero-order valence-corrected chi connectivity index (χ0v) is 15.1. The second-order valence-corrected chi connectivity index (χ2v) is 6.86. The summed E-state index contributed by atoms with van der Waals surface area (Å²) in [6.07, 6.45) is 1.64. The van der Waals surface area contributed by atoms with Crippen LogP contribution in [0.1, 0.15) is 0 Å². The van der Waals surface area contributed by atoms with Crippen molar-refractivity contribution in [2.75, 3.05) is 5.32 Å². The van der Waals surface area contributed by atoms with E-state index in [2.05, 4.69) is 37.2 Å². The molecule has 1 heterocycles. The smallest absolute Gasteiger partial charge is 0.244 e. The topological polar surface area (TPSA) is 51.1 Å². The van der Waals surface area contributed by atoms with Crippen LogP contribution < -0.4 is 10.7 Å². The van der Waals surface area contributed by atoms with E-state index in [9.17, 15) is 9.59 Å². The lowest BCUT2D eigenvalue weighted by Gasteiger charge is -2.11. The number of hydrogen-bond acceptors (Lipinski definition) is 2. The van der Waals surface area contributed by atoms with Crippen LogP contribution in [0, 0.1) is 0 Å². The molecule has 4 nitrogen and oxygen atoms in total. The molecule has 1 amide bonds. The van der Waals surface area contributed by atoms with Gasteiger partial charge in [-0.05, 0) is 36.4 Å². The summed E-state index contributed by atoms with van der Waals surface area (Å²) in [5, 5.41) is 3.43. The third-order valence-electron chi connectivity index (χ3n) is 3.36. The lowest BCUT2D eigenvalue weighted by molar-refractivity contribution is -0.116. The van der Waals surface area contributed by atoms with Crippen LogP contribution in [0.15, 0.2) is 68.5 Å². The van der Waals surface area contributed by atoms with Crippen LogP contribution in [0.3, 0.4) is 0 Å². The van der Waals surface area contributed by atoms with Crippen LogP contribution in [-0.4, -0.2) is 10.5 Å². The lowest BCUT2D eigenvalue weighted by Crippen LogP contribution is -2.20. The van der Waals surface area contributed by atoms with Gasteiger partial charge >= 0.3 is 0 Å². The molecule has 0 unspecified atom stereocenters. The number of aromatic nitrogens is 1. The van der Waals surface area contributed by atoms with Crippen LogP contribution in [0.25, 0.3) is 10.9 Å². The van der Waals surface area contributed by atoms with Crippen molar-refractivity contribution in [2.45, 2.75) is 6.54 Å². The molecule has 0 saturated carbocycles. The van der Waals surface area contributed by atoms with Crippen LogP contribution in [0.4, 0.5) is 5.69 Å². The predicted molar refractivity (Wildman–Crippen MR) is 98.7 cm³/mol. The fourth-order valence-corrected chi connectivity index (χ4v) is 3.09. The fraction of sp³-hybridized carbons (Fsp3) is 0.0588. The Morgan fingerprint density at radius 2 is 1.83 bits per heavy atom. The van der Waals surface area contributed by atoms with Gasteiger partial charge in [0.15, 0.2) is 5.43 Å². The Morgan fingerprint density at radius 3 is 2.61 bits per heavy atom. The Hall–Kier alpha value is -1.92. The molecule has 0 aliphatic carbocycles. The molecule has 0 saturated heterocycles. The number of benzene rings is 2. The van der Waals surface area contributed by atoms with E-state index < -0.39 is 0 Å². The molecule has 1 N–H and O–H groups in total. The first-order valence-corrected chi connectivity index (χ1v) is 8.46. The SMILES string of the molecule is O=C(Cn1ccc(=O)c2ccc(Br)cc21)Nc1cccc(Br)c1. The van der Waals surface area contributed by atoms with Crippen LogP contribution in [0.5, 0.6) is 0 Å². The maximum absolute atomic E-state index is 12.3. The van der Waals surface area contributed by atoms with Crippen LogP contribution in [-0.2, 0) is 11.3 Å². The van der Waals surface area contributed by atoms with Gasteiger partial charge < -0.3 is 9.88 Å². The minimum atomic E-state index is -0.159. The van der Waals surface area contributed by atoms with Gasteiger partial charge in [0.2, 0.25) is 5.91 Å². The molecular formula is C17H12Br2N2O2. The highest BCUT2D eigenvalue weighted by Gasteiger charge is 2.08. The van der Waals surface area contributed by atoms with E-state index in [4.69, 9.17) is 0 Å². The molecule has 0 bridgehead atoms. The van der Waals surface area contributed by atoms with Gasteiger partial charge in [-0.15, -0.1) is 0 Å². The monoisotopic (exact) mass is 434 g/mol. The molecule has 3 aromatic rings. The molecule has 0 atom stereocenters. The molecule has 3 rings (SSSR count). The van der Waals surface area contributed by atoms with E-state index in [0.29, 0.717) is 5.39 Å². The fourth-order valence-electron chi connectivity index (χ4n) is 2.34. The number of carbonyl (C=O) groups excluding carboxylic acids is 1. The maximum Gasteiger partial charge on any atom is 0.244 e. The minimum absolute atomic E-state index is 0.0591. The summed E-state index contributed by atoms with van der Waals surface area (Å²) in [4.78, 5) is 24.2. The van der Waals surface area contributed by atoms with Crippen molar-refractivity contribution in [1.82, 2.24) is 4.57 Å². The van der Waals surface area contributed by atoms with E-state index in [1.165, 1.54) is 6.07 Å². The first-order chi connectivity index (χ1) is 11.0. The normalized spacial score (nSPS) is 10.7. The third kappa shape index (κ3) is 3.71. The molecule has 0 spiro atoms. The maximum atomic E-state index is 12.3. The van der Waals surface area contributed by atoms with Crippen molar-refractivity contribution in [3.63, 3.8) is 0 Å². The van der Waals surface area contributed by atoms with Crippen LogP contribution in [0.2, 0.25) is 0 Å². The lowest BCUT2D eigenvalue weighted by atomic mass is 10.2. The highest BCUT2D eigenvalue weighted by atomic mass is 79.9. The van der Waals surface area contributed by atoms with Crippen molar-refractivity contribution in [1.29, 1.82) is 0 Å². The number of fused-ring (bicyclic) bond motifs is 1. The van der Waals surface area contributed by atoms with Crippen molar-refractivity contribution in [2.24, 2.45) is 0 Å². The van der Waals surface area contributed by atoms with Gasteiger partial charge in [0, 0.05) is 32.3 Å². The second kappa shape index (κ2) is 6.68. The molecule has 6 heteroatoms. The predicted octanol–water partition coefficient (Wildman–Crippen LogP) is 4.17. The van der Waals surface area contributed by atoms with Crippen molar-refractivity contribution in [3.8, 4) is 0 Å². The van der Waals surface area contributed by atoms with Crippen molar-refractivity contribution < 1.29 is 4.79 Å². The van der Waals surface area contributed by atoms with Crippen molar-refractivity contribution in [3.05, 3.63) is 73.9 Å². The van der Waals surface area contributed by atoms with E-state index in [1.807, 2.05) is 36.4 Å². The second-order valence-electron chi connectivity index (χ2n) is 5.03. The molecule has 2 aromatic carbocycles. The van der Waals surface area contributed by atoms with E-state index in [0.717, 1.165) is 20.1 Å². The van der Waals surface area contributed by atoms with Gasteiger partial charge in [0.25, 0.3) is 0 Å². The summed E-state index contributed by atoms with van der Waals surface area (Å²) >= 11 is 6.77. The summed E-state index contributed by atoms with van der Waals surface area (Å²) in [5.41, 5.74) is 1.38. The van der Waals surface area contributed by atoms with Gasteiger partial charge in [-0.2, -0.15) is 0 Å². The minimum Gasteiger partial charge on any atom is -0.338 e. The van der Waals surface area contributed by atoms with Gasteiger partial charge in [0.05, 0.1) is 5.52 Å². The van der Waals surface area contributed by atoms with Crippen molar-refractivity contribution >= 4 is 54.4 Å². The molecular weight excluding hydrogens is 424 g/mol. The van der Waals surface area contributed by atoms with Gasteiger partial charge in [0.1, 0.15) is 6.54 Å². The van der Waals surface area contributed by atoms with E-state index in [1.54, 1.807) is 16.8 Å². The number of halogens is 2. The number of rotatable bonds is 3. The van der Waals surface area contributed by atoms with Gasteiger partial charge in [-0.1, -0.05) is 37.9 Å². The summed E-state index contributed by atoms with van der Waals surface area (Å²) in [5.74, 6) is -0.159. The average molecular weight is 436 g/mol. The average Bonchev–Trinajstić information content (AvgIpc) is 2.50. The highest BCUT2D eigenvalue weighted by Crippen LogP contribution is 2.18. The number of nitrogens with zero attached hydrogens (tertiary/aromatic N) is 1. The Bertz CT molecular complexity index is 951. The number of hydrogen-bond donors (Lipinski definition) is 1. The zero-order valence-electron chi connectivity index (χ0n) is 11.9. The Morgan fingerprint density at radius 1 is 1.04 bits per heavy atom. The standard InChI is InChI=1S/C17H12Br2N2O2/c18-11-2-1-3-13(8-11)20-17(23)10-21-7-6-16(22)14-5-4-12(19)9-15(14)21/h1-9H,10H2,(H,20,23). The number of pyridine rings is 1. The number of nitrogens with one attached hydrogen (secondary N) is 1. The number of carbonyl (C=O) groups is 1. The van der Waals surface area contributed by atoms with E-state index >= 15 is 0 Å². The quantitative estimate of drug-likeness (QED) is 0.671. The largest absolute Gasteiger partial charge is 0.338 e. The Balaban J connectivity index is 1.89. The van der Waals surface area contributed by atoms with Gasteiger partial charge in [-0.25, -0.2) is 0 Å². The highest BCUT2D eigenvalue weighted by molar-refractivity contribution is 9.10. The third-order valence-corrected chi connectivity index (χ3v) is 4.35. The first-order valence-electron chi connectivity index (χ1n) is 6.87. The summed E-state index contributed by atoms with van der Waals surface area (Å²) in [6, 6.07) is 14.3. The number of amides is 1. The molecule has 0 radical (unpaired) electrons. The zero-order chi connectivity index (χ0) is 16.4. The molecule has 1 aromatic heterocycles. The molecule has 0 fully saturated rings. The summed E-state index contributed by atoms with van der Waals surface area (Å²) < 4.78 is 3.51. The molecule has 116 valence electrons. The Kier molecular flexibility index (Phi) is 4.63. The summed E-state index contributed by atoms with van der Waals surface area (Å²) in [6.45, 7) is 0.125. The Labute approximate surface area is 149 Å². The molecule has 23 heavy (non-hydrogen) atoms. The first kappa shape index (κ1) is 16.0. The van der Waals surface area contributed by atoms with Gasteiger partial charge in [-0.3, -0.25) is 9.59 Å². The van der Waals surface area contributed by atoms with E-state index in [-0.39, 0.29) is 17.9 Å². The number of anilines is 1. The molecule has 0 aliphatic heterocycles. The summed E-state index contributed by atoms with van der Waals surface area (Å²) in [7, 11) is 0.